The molecule has 3 nitrogen and oxygen atoms in total. The Kier molecular flexibility index (Phi) is 3.40. The molecule has 1 aromatic carbocycles. The van der Waals surface area contributed by atoms with Crippen LogP contribution in [-0.4, -0.2) is 37.7 Å². The smallest absolute Gasteiger partial charge is 0.227 e. The minimum absolute atomic E-state index is 0.0434. The van der Waals surface area contributed by atoms with Crippen LogP contribution in [0.1, 0.15) is 10.4 Å². The first kappa shape index (κ1) is 10.4. The molecule has 0 atom stereocenters. The number of benzene rings is 1. The fraction of sp³-hybridized carbons (Fsp3) is 0.273. The molecule has 74 valence electrons. The monoisotopic (exact) mass is 190 g/mol. The van der Waals surface area contributed by atoms with E-state index in [1.165, 1.54) is 0 Å². The van der Waals surface area contributed by atoms with Crippen molar-refractivity contribution >= 4 is 11.6 Å². The van der Waals surface area contributed by atoms with E-state index in [1.807, 2.05) is 32.3 Å². The van der Waals surface area contributed by atoms with Gasteiger partial charge in [-0.25, -0.2) is 0 Å². The molecule has 0 aliphatic heterocycles. The number of carbonyl (C=O) groups excluding carboxylic acids is 1. The molecular weight excluding hydrogens is 176 g/mol. The minimum atomic E-state index is -0.0434. The van der Waals surface area contributed by atoms with Crippen LogP contribution in [0.4, 0.5) is 0 Å². The lowest BCUT2D eigenvalue weighted by Crippen LogP contribution is -2.30. The van der Waals surface area contributed by atoms with E-state index in [0.717, 1.165) is 0 Å². The van der Waals surface area contributed by atoms with Crippen LogP contribution in [0.15, 0.2) is 35.3 Å². The number of aliphatic imine (C=N–C) groups is 1. The number of nitrogens with zero attached hydrogens (tertiary/aromatic N) is 2. The zero-order valence-electron chi connectivity index (χ0n) is 8.69. The highest BCUT2D eigenvalue weighted by Gasteiger charge is 2.14. The van der Waals surface area contributed by atoms with Crippen LogP contribution in [0.5, 0.6) is 0 Å². The molecule has 3 heteroatoms. The third-order valence-corrected chi connectivity index (χ3v) is 1.87. The summed E-state index contributed by atoms with van der Waals surface area (Å²) in [6.45, 7) is 0. The number of amidine groups is 1. The second kappa shape index (κ2) is 4.56. The van der Waals surface area contributed by atoms with Crippen molar-refractivity contribution in [2.24, 2.45) is 4.99 Å². The summed E-state index contributed by atoms with van der Waals surface area (Å²) >= 11 is 0. The molecule has 0 bridgehead atoms. The predicted octanol–water partition coefficient (Wildman–Crippen LogP) is 1.46. The summed E-state index contributed by atoms with van der Waals surface area (Å²) in [4.78, 5) is 17.5. The Hall–Kier alpha value is -1.64. The third-order valence-electron chi connectivity index (χ3n) is 1.87. The molecule has 0 aliphatic rings. The van der Waals surface area contributed by atoms with Gasteiger partial charge in [0.2, 0.25) is 5.78 Å². The van der Waals surface area contributed by atoms with Gasteiger partial charge in [0.15, 0.2) is 5.84 Å². The molecule has 0 fully saturated rings. The molecule has 0 unspecified atom stereocenters. The zero-order valence-corrected chi connectivity index (χ0v) is 8.69. The lowest BCUT2D eigenvalue weighted by Gasteiger charge is -2.13. The van der Waals surface area contributed by atoms with Crippen molar-refractivity contribution in [1.29, 1.82) is 0 Å². The summed E-state index contributed by atoms with van der Waals surface area (Å²) in [7, 11) is 5.24. The first-order valence-electron chi connectivity index (χ1n) is 4.40. The lowest BCUT2D eigenvalue weighted by molar-refractivity contribution is 0.105. The molecule has 0 N–H and O–H groups in total. The molecule has 0 saturated heterocycles. The number of likely N-dealkylation sites (N-methyl/N-ethyl adjacent to an activating group) is 1. The zero-order chi connectivity index (χ0) is 10.6. The Bertz CT molecular complexity index is 342. The van der Waals surface area contributed by atoms with Gasteiger partial charge in [0.05, 0.1) is 0 Å². The van der Waals surface area contributed by atoms with Crippen molar-refractivity contribution in [2.75, 3.05) is 21.1 Å². The Morgan fingerprint density at radius 2 is 1.79 bits per heavy atom. The Balaban J connectivity index is 2.96. The summed E-state index contributed by atoms with van der Waals surface area (Å²) in [6.07, 6.45) is 0. The number of ketones is 1. The van der Waals surface area contributed by atoms with Crippen LogP contribution in [0, 0.1) is 0 Å². The largest absolute Gasteiger partial charge is 0.360 e. The van der Waals surface area contributed by atoms with Gasteiger partial charge in [-0.2, -0.15) is 0 Å². The molecule has 0 aliphatic carbocycles. The Morgan fingerprint density at radius 3 is 2.21 bits per heavy atom. The minimum Gasteiger partial charge on any atom is -0.360 e. The summed E-state index contributed by atoms with van der Waals surface area (Å²) in [5, 5.41) is 0. The van der Waals surface area contributed by atoms with Gasteiger partial charge in [-0.1, -0.05) is 30.3 Å². The second-order valence-corrected chi connectivity index (χ2v) is 3.14. The highest BCUT2D eigenvalue weighted by atomic mass is 16.1. The van der Waals surface area contributed by atoms with Gasteiger partial charge in [-0.15, -0.1) is 0 Å². The first-order chi connectivity index (χ1) is 6.66. The highest BCUT2D eigenvalue weighted by Crippen LogP contribution is 2.02. The Morgan fingerprint density at radius 1 is 1.21 bits per heavy atom. The molecule has 1 aromatic rings. The van der Waals surface area contributed by atoms with Gasteiger partial charge in [0.25, 0.3) is 0 Å². The summed E-state index contributed by atoms with van der Waals surface area (Å²) in [5.41, 5.74) is 0.668. The van der Waals surface area contributed by atoms with Crippen molar-refractivity contribution in [3.8, 4) is 0 Å². The topological polar surface area (TPSA) is 32.7 Å². The van der Waals surface area contributed by atoms with Crippen molar-refractivity contribution in [2.45, 2.75) is 0 Å². The second-order valence-electron chi connectivity index (χ2n) is 3.14. The SMILES string of the molecule is CN=C(C(=O)c1ccccc1)N(C)C. The first-order valence-corrected chi connectivity index (χ1v) is 4.40. The van der Waals surface area contributed by atoms with E-state index in [9.17, 15) is 4.79 Å². The van der Waals surface area contributed by atoms with Crippen LogP contribution >= 0.6 is 0 Å². The molecule has 1 rings (SSSR count). The van der Waals surface area contributed by atoms with E-state index in [-0.39, 0.29) is 5.78 Å². The molecule has 0 heterocycles. The van der Waals surface area contributed by atoms with Crippen molar-refractivity contribution in [3.05, 3.63) is 35.9 Å². The molecule has 0 spiro atoms. The number of Topliss-reactive ketones (excluding diaryl/α,β-unsaturated/α-hetero) is 1. The predicted molar refractivity (Wildman–Crippen MR) is 57.8 cm³/mol. The third kappa shape index (κ3) is 2.19. The van der Waals surface area contributed by atoms with E-state index in [1.54, 1.807) is 24.1 Å². The van der Waals surface area contributed by atoms with E-state index in [4.69, 9.17) is 0 Å². The number of rotatable bonds is 2. The van der Waals surface area contributed by atoms with Gasteiger partial charge in [-0.05, 0) is 0 Å². The van der Waals surface area contributed by atoms with Gasteiger partial charge < -0.3 is 4.90 Å². The molecule has 0 radical (unpaired) electrons. The summed E-state index contributed by atoms with van der Waals surface area (Å²) in [6, 6.07) is 9.15. The maximum Gasteiger partial charge on any atom is 0.227 e. The summed E-state index contributed by atoms with van der Waals surface area (Å²) in [5.74, 6) is 0.425. The van der Waals surface area contributed by atoms with Crippen LogP contribution < -0.4 is 0 Å². The number of hydrogen-bond acceptors (Lipinski definition) is 2. The molecule has 0 aromatic heterocycles. The standard InChI is InChI=1S/C11H14N2O/c1-12-11(13(2)3)10(14)9-7-5-4-6-8-9/h4-8H,1-3H3. The van der Waals surface area contributed by atoms with Crippen LogP contribution in [0.25, 0.3) is 0 Å². The van der Waals surface area contributed by atoms with Gasteiger partial charge in [0.1, 0.15) is 0 Å². The molecule has 0 saturated carbocycles. The van der Waals surface area contributed by atoms with Crippen molar-refractivity contribution in [3.63, 3.8) is 0 Å². The Labute approximate surface area is 84.1 Å². The van der Waals surface area contributed by atoms with Crippen LogP contribution in [0.2, 0.25) is 0 Å². The highest BCUT2D eigenvalue weighted by molar-refractivity contribution is 6.44. The van der Waals surface area contributed by atoms with E-state index < -0.39 is 0 Å². The fourth-order valence-corrected chi connectivity index (χ4v) is 1.22. The molecular formula is C11H14N2O. The van der Waals surface area contributed by atoms with Crippen molar-refractivity contribution < 1.29 is 4.79 Å². The van der Waals surface area contributed by atoms with E-state index in [0.29, 0.717) is 11.4 Å². The molecule has 14 heavy (non-hydrogen) atoms. The number of carbonyl (C=O) groups is 1. The van der Waals surface area contributed by atoms with Gasteiger partial charge >= 0.3 is 0 Å². The average Bonchev–Trinajstić information content (AvgIpc) is 2.19. The molecule has 0 amide bonds. The van der Waals surface area contributed by atoms with Gasteiger partial charge in [0, 0.05) is 26.7 Å². The van der Waals surface area contributed by atoms with Crippen LogP contribution in [0.3, 0.4) is 0 Å². The number of hydrogen-bond donors (Lipinski definition) is 0. The maximum absolute atomic E-state index is 11.8. The fourth-order valence-electron chi connectivity index (χ4n) is 1.22. The van der Waals surface area contributed by atoms with Crippen molar-refractivity contribution in [1.82, 2.24) is 4.90 Å². The van der Waals surface area contributed by atoms with Crippen LogP contribution in [-0.2, 0) is 0 Å². The maximum atomic E-state index is 11.8. The van der Waals surface area contributed by atoms with E-state index in [2.05, 4.69) is 4.99 Å². The quantitative estimate of drug-likeness (QED) is 0.402. The lowest BCUT2D eigenvalue weighted by atomic mass is 10.1. The summed E-state index contributed by atoms with van der Waals surface area (Å²) < 4.78 is 0. The van der Waals surface area contributed by atoms with E-state index >= 15 is 0 Å². The normalized spacial score (nSPS) is 11.2. The van der Waals surface area contributed by atoms with Gasteiger partial charge in [-0.3, -0.25) is 9.79 Å². The average molecular weight is 190 g/mol.